The highest BCUT2D eigenvalue weighted by atomic mass is 32.2. The summed E-state index contributed by atoms with van der Waals surface area (Å²) < 4.78 is 28.0. The van der Waals surface area contributed by atoms with Gasteiger partial charge in [0, 0.05) is 39.3 Å². The normalized spacial score (nSPS) is 26.8. The molecule has 28 heavy (non-hydrogen) atoms. The first-order chi connectivity index (χ1) is 13.3. The SMILES string of the molecule is CCN(CC)S(=O)(=O)N1CCN(C(=O)CN2C(=O)C3CCCCC3C2=O)CC1. The molecule has 9 nitrogen and oxygen atoms in total. The maximum Gasteiger partial charge on any atom is 0.282 e. The Kier molecular flexibility index (Phi) is 6.41. The summed E-state index contributed by atoms with van der Waals surface area (Å²) in [5.41, 5.74) is 0. The largest absolute Gasteiger partial charge is 0.338 e. The van der Waals surface area contributed by atoms with E-state index in [-0.39, 0.29) is 62.3 Å². The number of likely N-dealkylation sites (tertiary alicyclic amines) is 1. The number of hydrogen-bond acceptors (Lipinski definition) is 5. The van der Waals surface area contributed by atoms with E-state index in [0.29, 0.717) is 13.1 Å². The molecule has 3 aliphatic rings. The Hall–Kier alpha value is -1.52. The standard InChI is InChI=1S/C18H30N4O5S/c1-3-20(4-2)28(26,27)21-11-9-19(10-12-21)16(23)13-22-17(24)14-7-5-6-8-15(14)18(22)25/h14-15H,3-13H2,1-2H3. The minimum Gasteiger partial charge on any atom is -0.338 e. The number of amides is 3. The molecule has 0 aromatic carbocycles. The van der Waals surface area contributed by atoms with Gasteiger partial charge in [-0.2, -0.15) is 17.0 Å². The van der Waals surface area contributed by atoms with E-state index in [1.807, 2.05) is 0 Å². The molecule has 0 aromatic heterocycles. The topological polar surface area (TPSA) is 98.3 Å². The van der Waals surface area contributed by atoms with Gasteiger partial charge in [-0.05, 0) is 12.8 Å². The molecule has 0 aromatic rings. The average Bonchev–Trinajstić information content (AvgIpc) is 2.94. The van der Waals surface area contributed by atoms with Crippen LogP contribution in [0.1, 0.15) is 39.5 Å². The monoisotopic (exact) mass is 414 g/mol. The minimum absolute atomic E-state index is 0.217. The molecule has 2 atom stereocenters. The Morgan fingerprint density at radius 1 is 0.964 bits per heavy atom. The Morgan fingerprint density at radius 3 is 1.93 bits per heavy atom. The van der Waals surface area contributed by atoms with Gasteiger partial charge in [0.2, 0.25) is 17.7 Å². The third kappa shape index (κ3) is 3.81. The molecule has 2 unspecified atom stereocenters. The number of hydrogen-bond donors (Lipinski definition) is 0. The van der Waals surface area contributed by atoms with Crippen LogP contribution < -0.4 is 0 Å². The number of carbonyl (C=O) groups is 3. The smallest absolute Gasteiger partial charge is 0.282 e. The highest BCUT2D eigenvalue weighted by Gasteiger charge is 2.48. The lowest BCUT2D eigenvalue weighted by Crippen LogP contribution is -2.55. The fourth-order valence-electron chi connectivity index (χ4n) is 4.50. The molecule has 3 rings (SSSR count). The lowest BCUT2D eigenvalue weighted by molar-refractivity contribution is -0.147. The summed E-state index contributed by atoms with van der Waals surface area (Å²) in [6.07, 6.45) is 3.35. The van der Waals surface area contributed by atoms with Crippen molar-refractivity contribution in [1.29, 1.82) is 0 Å². The van der Waals surface area contributed by atoms with Crippen LogP contribution in [0.2, 0.25) is 0 Å². The second kappa shape index (κ2) is 8.46. The third-order valence-electron chi connectivity index (χ3n) is 6.18. The van der Waals surface area contributed by atoms with Crippen molar-refractivity contribution in [2.24, 2.45) is 11.8 Å². The predicted octanol–water partition coefficient (Wildman–Crippen LogP) is -0.108. The number of imide groups is 1. The van der Waals surface area contributed by atoms with Gasteiger partial charge in [0.1, 0.15) is 6.54 Å². The molecule has 10 heteroatoms. The van der Waals surface area contributed by atoms with Crippen LogP contribution in [0.25, 0.3) is 0 Å². The van der Waals surface area contributed by atoms with Gasteiger partial charge in [0.25, 0.3) is 10.2 Å². The van der Waals surface area contributed by atoms with E-state index >= 15 is 0 Å². The van der Waals surface area contributed by atoms with Crippen LogP contribution in [0.3, 0.4) is 0 Å². The summed E-state index contributed by atoms with van der Waals surface area (Å²) >= 11 is 0. The van der Waals surface area contributed by atoms with Gasteiger partial charge < -0.3 is 4.90 Å². The molecular weight excluding hydrogens is 384 g/mol. The third-order valence-corrected chi connectivity index (χ3v) is 8.36. The van der Waals surface area contributed by atoms with Crippen LogP contribution in [0.15, 0.2) is 0 Å². The van der Waals surface area contributed by atoms with Gasteiger partial charge in [-0.25, -0.2) is 0 Å². The molecule has 1 aliphatic carbocycles. The van der Waals surface area contributed by atoms with Gasteiger partial charge in [0.15, 0.2) is 0 Å². The maximum atomic E-state index is 12.7. The lowest BCUT2D eigenvalue weighted by atomic mass is 9.81. The molecule has 0 N–H and O–H groups in total. The molecule has 0 radical (unpaired) electrons. The van der Waals surface area contributed by atoms with E-state index in [1.54, 1.807) is 18.7 Å². The zero-order valence-electron chi connectivity index (χ0n) is 16.7. The summed E-state index contributed by atoms with van der Waals surface area (Å²) in [6.45, 7) is 5.14. The van der Waals surface area contributed by atoms with Crippen molar-refractivity contribution in [2.75, 3.05) is 45.8 Å². The van der Waals surface area contributed by atoms with Crippen molar-refractivity contribution in [3.8, 4) is 0 Å². The van der Waals surface area contributed by atoms with Crippen molar-refractivity contribution in [3.05, 3.63) is 0 Å². The van der Waals surface area contributed by atoms with E-state index in [9.17, 15) is 22.8 Å². The molecule has 0 spiro atoms. The molecule has 2 heterocycles. The van der Waals surface area contributed by atoms with Gasteiger partial charge >= 0.3 is 0 Å². The highest BCUT2D eigenvalue weighted by Crippen LogP contribution is 2.37. The average molecular weight is 415 g/mol. The number of fused-ring (bicyclic) bond motifs is 1. The first kappa shape index (κ1) is 21.2. The Bertz CT molecular complexity index is 704. The van der Waals surface area contributed by atoms with E-state index in [0.717, 1.165) is 30.6 Å². The van der Waals surface area contributed by atoms with Gasteiger partial charge in [-0.3, -0.25) is 19.3 Å². The van der Waals surface area contributed by atoms with Crippen molar-refractivity contribution in [1.82, 2.24) is 18.4 Å². The maximum absolute atomic E-state index is 12.7. The molecular formula is C18H30N4O5S. The van der Waals surface area contributed by atoms with Crippen LogP contribution in [0.5, 0.6) is 0 Å². The van der Waals surface area contributed by atoms with Crippen molar-refractivity contribution >= 4 is 27.9 Å². The van der Waals surface area contributed by atoms with Crippen molar-refractivity contribution < 1.29 is 22.8 Å². The van der Waals surface area contributed by atoms with Crippen LogP contribution >= 0.6 is 0 Å². The van der Waals surface area contributed by atoms with E-state index in [1.165, 1.54) is 8.61 Å². The Morgan fingerprint density at radius 2 is 1.46 bits per heavy atom. The van der Waals surface area contributed by atoms with Crippen molar-refractivity contribution in [2.45, 2.75) is 39.5 Å². The summed E-state index contributed by atoms with van der Waals surface area (Å²) in [5.74, 6) is -1.24. The molecule has 3 fully saturated rings. The lowest BCUT2D eigenvalue weighted by Gasteiger charge is -2.36. The fourth-order valence-corrected chi connectivity index (χ4v) is 6.11. The second-order valence-corrected chi connectivity index (χ2v) is 9.56. The summed E-state index contributed by atoms with van der Waals surface area (Å²) in [7, 11) is -3.52. The zero-order valence-corrected chi connectivity index (χ0v) is 17.5. The van der Waals surface area contributed by atoms with Crippen LogP contribution in [-0.2, 0) is 24.6 Å². The van der Waals surface area contributed by atoms with E-state index in [2.05, 4.69) is 0 Å². The van der Waals surface area contributed by atoms with E-state index in [4.69, 9.17) is 0 Å². The van der Waals surface area contributed by atoms with Gasteiger partial charge in [0.05, 0.1) is 11.8 Å². The molecule has 0 bridgehead atoms. The van der Waals surface area contributed by atoms with Crippen LogP contribution in [0, 0.1) is 11.8 Å². The quantitative estimate of drug-likeness (QED) is 0.565. The van der Waals surface area contributed by atoms with Crippen LogP contribution in [-0.4, -0.2) is 90.4 Å². The zero-order chi connectivity index (χ0) is 20.5. The number of rotatable bonds is 6. The Balaban J connectivity index is 1.57. The molecule has 2 saturated heterocycles. The van der Waals surface area contributed by atoms with E-state index < -0.39 is 10.2 Å². The summed E-state index contributed by atoms with van der Waals surface area (Å²) in [5, 5.41) is 0. The Labute approximate surface area is 166 Å². The minimum atomic E-state index is -3.52. The van der Waals surface area contributed by atoms with Crippen LogP contribution in [0.4, 0.5) is 0 Å². The van der Waals surface area contributed by atoms with Gasteiger partial charge in [-0.15, -0.1) is 0 Å². The molecule has 1 saturated carbocycles. The number of piperazine rings is 1. The molecule has 3 amide bonds. The summed E-state index contributed by atoms with van der Waals surface area (Å²) in [4.78, 5) is 40.4. The second-order valence-electron chi connectivity index (χ2n) is 7.63. The molecule has 2 aliphatic heterocycles. The predicted molar refractivity (Wildman–Crippen MR) is 102 cm³/mol. The fraction of sp³-hybridized carbons (Fsp3) is 0.833. The molecule has 158 valence electrons. The first-order valence-electron chi connectivity index (χ1n) is 10.2. The van der Waals surface area contributed by atoms with Crippen molar-refractivity contribution in [3.63, 3.8) is 0 Å². The first-order valence-corrected chi connectivity index (χ1v) is 11.6. The number of carbonyl (C=O) groups excluding carboxylic acids is 3. The highest BCUT2D eigenvalue weighted by molar-refractivity contribution is 7.86. The number of nitrogens with zero attached hydrogens (tertiary/aromatic N) is 4. The van der Waals surface area contributed by atoms with Gasteiger partial charge in [-0.1, -0.05) is 26.7 Å². The summed E-state index contributed by atoms with van der Waals surface area (Å²) in [6, 6.07) is 0.